The Morgan fingerprint density at radius 1 is 1.33 bits per heavy atom. The Balaban J connectivity index is 2.60. The average molecular weight is 203 g/mol. The van der Waals surface area contributed by atoms with Crippen molar-refractivity contribution in [3.05, 3.63) is 30.2 Å². The maximum atomic E-state index is 4.45. The molecule has 0 bridgehead atoms. The lowest BCUT2D eigenvalue weighted by molar-refractivity contribution is 0.634. The fourth-order valence-electron chi connectivity index (χ4n) is 1.90. The highest BCUT2D eigenvalue weighted by Gasteiger charge is 2.23. The van der Waals surface area contributed by atoms with Gasteiger partial charge in [-0.2, -0.15) is 5.10 Å². The van der Waals surface area contributed by atoms with Crippen LogP contribution < -0.4 is 0 Å². The van der Waals surface area contributed by atoms with Crippen LogP contribution in [0.5, 0.6) is 0 Å². The molecule has 0 fully saturated rings. The molecule has 0 aliphatic carbocycles. The molecule has 0 atom stereocenters. The van der Waals surface area contributed by atoms with E-state index in [0.29, 0.717) is 5.92 Å². The standard InChI is InChI=1S/C12H17N3/c1-8(2)10-6-14(4)9(3)12-11(10)7-15(5)13-12/h6-8H,3H2,1-2,4-5H3. The molecule has 3 heteroatoms. The van der Waals surface area contributed by atoms with Crippen molar-refractivity contribution in [2.75, 3.05) is 7.05 Å². The highest BCUT2D eigenvalue weighted by Crippen LogP contribution is 2.34. The molecule has 3 nitrogen and oxygen atoms in total. The van der Waals surface area contributed by atoms with Crippen molar-refractivity contribution in [1.29, 1.82) is 0 Å². The Labute approximate surface area is 90.7 Å². The minimum Gasteiger partial charge on any atom is -0.349 e. The predicted molar refractivity (Wildman–Crippen MR) is 62.8 cm³/mol. The maximum absolute atomic E-state index is 4.45. The van der Waals surface area contributed by atoms with Crippen molar-refractivity contribution >= 4 is 11.3 Å². The molecule has 0 N–H and O–H groups in total. The van der Waals surface area contributed by atoms with Gasteiger partial charge >= 0.3 is 0 Å². The summed E-state index contributed by atoms with van der Waals surface area (Å²) >= 11 is 0. The molecular formula is C12H17N3. The molecule has 1 aliphatic heterocycles. The molecule has 0 aromatic carbocycles. The predicted octanol–water partition coefficient (Wildman–Crippen LogP) is 2.33. The SMILES string of the molecule is C=C1c2nn(C)cc2C(C(C)C)=CN1C. The number of hydrogen-bond acceptors (Lipinski definition) is 2. The molecule has 0 unspecified atom stereocenters. The summed E-state index contributed by atoms with van der Waals surface area (Å²) in [5.74, 6) is 0.503. The van der Waals surface area contributed by atoms with E-state index in [4.69, 9.17) is 0 Å². The van der Waals surface area contributed by atoms with E-state index in [1.165, 1.54) is 11.1 Å². The average Bonchev–Trinajstić information content (AvgIpc) is 2.53. The van der Waals surface area contributed by atoms with Crippen LogP contribution in [0.3, 0.4) is 0 Å². The first-order valence-corrected chi connectivity index (χ1v) is 5.18. The van der Waals surface area contributed by atoms with Crippen LogP contribution in [0.25, 0.3) is 11.3 Å². The fourth-order valence-corrected chi connectivity index (χ4v) is 1.90. The van der Waals surface area contributed by atoms with Crippen molar-refractivity contribution in [2.24, 2.45) is 13.0 Å². The van der Waals surface area contributed by atoms with Crippen LogP contribution in [0, 0.1) is 5.92 Å². The molecule has 1 aliphatic rings. The zero-order valence-corrected chi connectivity index (χ0v) is 9.78. The molecule has 80 valence electrons. The quantitative estimate of drug-likeness (QED) is 0.698. The Hall–Kier alpha value is -1.51. The molecule has 0 saturated heterocycles. The molecule has 2 heterocycles. The van der Waals surface area contributed by atoms with E-state index in [9.17, 15) is 0 Å². The van der Waals surface area contributed by atoms with E-state index in [1.807, 2.05) is 23.7 Å². The summed E-state index contributed by atoms with van der Waals surface area (Å²) in [6, 6.07) is 0. The zero-order chi connectivity index (χ0) is 11.2. The summed E-state index contributed by atoms with van der Waals surface area (Å²) in [6.07, 6.45) is 4.22. The lowest BCUT2D eigenvalue weighted by Crippen LogP contribution is -2.16. The molecule has 0 saturated carbocycles. The summed E-state index contributed by atoms with van der Waals surface area (Å²) in [5, 5.41) is 4.45. The number of fused-ring (bicyclic) bond motifs is 1. The second-order valence-electron chi connectivity index (χ2n) is 4.36. The van der Waals surface area contributed by atoms with Crippen molar-refractivity contribution in [3.8, 4) is 0 Å². The van der Waals surface area contributed by atoms with E-state index in [1.54, 1.807) is 0 Å². The Morgan fingerprint density at radius 2 is 2.00 bits per heavy atom. The van der Waals surface area contributed by atoms with Crippen LogP contribution in [0.15, 0.2) is 19.0 Å². The molecule has 1 aromatic rings. The van der Waals surface area contributed by atoms with Crippen LogP contribution in [0.2, 0.25) is 0 Å². The van der Waals surface area contributed by atoms with Gasteiger partial charge in [-0.3, -0.25) is 4.68 Å². The largest absolute Gasteiger partial charge is 0.349 e. The van der Waals surface area contributed by atoms with Gasteiger partial charge < -0.3 is 4.90 Å². The van der Waals surface area contributed by atoms with E-state index in [0.717, 1.165) is 11.4 Å². The molecule has 15 heavy (non-hydrogen) atoms. The van der Waals surface area contributed by atoms with Gasteiger partial charge in [-0.05, 0) is 11.5 Å². The first-order chi connectivity index (χ1) is 7.00. The highest BCUT2D eigenvalue weighted by molar-refractivity contribution is 5.81. The second kappa shape index (κ2) is 3.26. The van der Waals surface area contributed by atoms with Gasteiger partial charge in [0.15, 0.2) is 0 Å². The van der Waals surface area contributed by atoms with Crippen molar-refractivity contribution < 1.29 is 0 Å². The number of nitrogens with zero attached hydrogens (tertiary/aromatic N) is 3. The smallest absolute Gasteiger partial charge is 0.116 e. The van der Waals surface area contributed by atoms with Crippen molar-refractivity contribution in [2.45, 2.75) is 13.8 Å². The minimum atomic E-state index is 0.503. The van der Waals surface area contributed by atoms with E-state index < -0.39 is 0 Å². The number of aromatic nitrogens is 2. The molecular weight excluding hydrogens is 186 g/mol. The first kappa shape index (κ1) is 10.0. The van der Waals surface area contributed by atoms with Gasteiger partial charge in [0.2, 0.25) is 0 Å². The van der Waals surface area contributed by atoms with E-state index >= 15 is 0 Å². The highest BCUT2D eigenvalue weighted by atomic mass is 15.3. The van der Waals surface area contributed by atoms with Crippen LogP contribution in [0.4, 0.5) is 0 Å². The van der Waals surface area contributed by atoms with E-state index in [-0.39, 0.29) is 0 Å². The normalized spacial score (nSPS) is 15.7. The number of rotatable bonds is 1. The second-order valence-corrected chi connectivity index (χ2v) is 4.36. The summed E-state index contributed by atoms with van der Waals surface area (Å²) in [7, 11) is 3.96. The monoisotopic (exact) mass is 203 g/mol. The van der Waals surface area contributed by atoms with Crippen LogP contribution in [-0.2, 0) is 7.05 Å². The summed E-state index contributed by atoms with van der Waals surface area (Å²) in [4.78, 5) is 2.05. The van der Waals surface area contributed by atoms with Crippen LogP contribution in [-0.4, -0.2) is 21.7 Å². The number of allylic oxidation sites excluding steroid dienone is 1. The third-order valence-electron chi connectivity index (χ3n) is 2.79. The maximum Gasteiger partial charge on any atom is 0.116 e. The molecule has 0 radical (unpaired) electrons. The summed E-state index contributed by atoms with van der Waals surface area (Å²) in [6.45, 7) is 8.45. The Kier molecular flexibility index (Phi) is 2.18. The van der Waals surface area contributed by atoms with Gasteiger partial charge in [0.1, 0.15) is 5.69 Å². The van der Waals surface area contributed by atoms with Crippen LogP contribution in [0.1, 0.15) is 25.1 Å². The molecule has 0 amide bonds. The topological polar surface area (TPSA) is 21.1 Å². The van der Waals surface area contributed by atoms with Gasteiger partial charge in [-0.15, -0.1) is 0 Å². The van der Waals surface area contributed by atoms with Gasteiger partial charge in [-0.25, -0.2) is 0 Å². The zero-order valence-electron chi connectivity index (χ0n) is 9.78. The van der Waals surface area contributed by atoms with Gasteiger partial charge in [0, 0.05) is 32.1 Å². The Bertz CT molecular complexity index is 438. The molecule has 1 aromatic heterocycles. The summed E-state index contributed by atoms with van der Waals surface area (Å²) < 4.78 is 1.85. The lowest BCUT2D eigenvalue weighted by Gasteiger charge is -2.25. The fraction of sp³-hybridized carbons (Fsp3) is 0.417. The van der Waals surface area contributed by atoms with Crippen molar-refractivity contribution in [1.82, 2.24) is 14.7 Å². The van der Waals surface area contributed by atoms with Crippen LogP contribution >= 0.6 is 0 Å². The number of aryl methyl sites for hydroxylation is 1. The third kappa shape index (κ3) is 1.48. The lowest BCUT2D eigenvalue weighted by atomic mass is 9.93. The Morgan fingerprint density at radius 3 is 2.60 bits per heavy atom. The van der Waals surface area contributed by atoms with Gasteiger partial charge in [0.05, 0.1) is 5.70 Å². The van der Waals surface area contributed by atoms with Gasteiger partial charge in [0.25, 0.3) is 0 Å². The molecule has 0 spiro atoms. The minimum absolute atomic E-state index is 0.503. The first-order valence-electron chi connectivity index (χ1n) is 5.18. The van der Waals surface area contributed by atoms with E-state index in [2.05, 4.69) is 37.9 Å². The third-order valence-corrected chi connectivity index (χ3v) is 2.79. The summed E-state index contributed by atoms with van der Waals surface area (Å²) in [5.41, 5.74) is 4.52. The molecule has 2 rings (SSSR count). The van der Waals surface area contributed by atoms with Crippen molar-refractivity contribution in [3.63, 3.8) is 0 Å². The van der Waals surface area contributed by atoms with Gasteiger partial charge in [-0.1, -0.05) is 20.4 Å². The number of hydrogen-bond donors (Lipinski definition) is 0.